The standard InChI is InChI=1S/C52H36N6/c1-52(2)44-26-24-36(33-19-21-34(22-20-33)49-55-50(38-12-10-27-53-32-38)57-51(56-49)46-16-7-8-28-54-46)30-43(44)40-25-23-37(31-45(40)52)35-11-9-13-39(29-35)58-47-17-5-3-14-41(47)42-15-4-6-18-48(42)58/h3-32H,1-2H3. The summed E-state index contributed by atoms with van der Waals surface area (Å²) < 4.78 is 2.39. The van der Waals surface area contributed by atoms with Gasteiger partial charge in [0.1, 0.15) is 5.69 Å². The molecule has 0 radical (unpaired) electrons. The Labute approximate surface area is 336 Å². The zero-order valence-corrected chi connectivity index (χ0v) is 32.0. The van der Waals surface area contributed by atoms with Crippen LogP contribution in [0.1, 0.15) is 25.0 Å². The van der Waals surface area contributed by atoms with Crippen LogP contribution in [0, 0.1) is 0 Å². The molecule has 11 rings (SSSR count). The first-order chi connectivity index (χ1) is 28.5. The highest BCUT2D eigenvalue weighted by atomic mass is 15.0. The normalized spacial score (nSPS) is 12.8. The van der Waals surface area contributed by atoms with E-state index in [-0.39, 0.29) is 5.41 Å². The van der Waals surface area contributed by atoms with Crippen molar-refractivity contribution in [3.8, 4) is 73.4 Å². The van der Waals surface area contributed by atoms with Crippen molar-refractivity contribution in [2.24, 2.45) is 0 Å². The Bertz CT molecular complexity index is 3070. The van der Waals surface area contributed by atoms with E-state index < -0.39 is 0 Å². The van der Waals surface area contributed by atoms with Crippen LogP contribution < -0.4 is 0 Å². The van der Waals surface area contributed by atoms with Crippen molar-refractivity contribution < 1.29 is 0 Å². The number of nitrogens with zero attached hydrogens (tertiary/aromatic N) is 6. The second-order valence-corrected chi connectivity index (χ2v) is 15.4. The molecule has 0 saturated carbocycles. The van der Waals surface area contributed by atoms with Gasteiger partial charge in [0, 0.05) is 51.6 Å². The van der Waals surface area contributed by atoms with Crippen LogP contribution in [0.4, 0.5) is 0 Å². The maximum atomic E-state index is 4.87. The van der Waals surface area contributed by atoms with Crippen molar-refractivity contribution >= 4 is 21.8 Å². The largest absolute Gasteiger partial charge is 0.309 e. The molecule has 274 valence electrons. The van der Waals surface area contributed by atoms with Crippen LogP contribution in [-0.2, 0) is 5.41 Å². The van der Waals surface area contributed by atoms with Gasteiger partial charge in [-0.1, -0.05) is 117 Å². The summed E-state index contributed by atoms with van der Waals surface area (Å²) in [7, 11) is 0. The summed E-state index contributed by atoms with van der Waals surface area (Å²) in [4.78, 5) is 23.3. The van der Waals surface area contributed by atoms with Gasteiger partial charge < -0.3 is 4.57 Å². The number of hydrogen-bond donors (Lipinski definition) is 0. The van der Waals surface area contributed by atoms with Crippen LogP contribution in [0.2, 0.25) is 0 Å². The van der Waals surface area contributed by atoms with Gasteiger partial charge in [0.05, 0.1) is 11.0 Å². The lowest BCUT2D eigenvalue weighted by atomic mass is 9.81. The highest BCUT2D eigenvalue weighted by Crippen LogP contribution is 2.51. The van der Waals surface area contributed by atoms with Crippen LogP contribution in [0.15, 0.2) is 182 Å². The minimum atomic E-state index is -0.149. The Balaban J connectivity index is 0.931. The molecule has 6 nitrogen and oxygen atoms in total. The minimum Gasteiger partial charge on any atom is -0.309 e. The third-order valence-electron chi connectivity index (χ3n) is 11.6. The molecule has 1 aliphatic carbocycles. The van der Waals surface area contributed by atoms with Crippen LogP contribution in [0.3, 0.4) is 0 Å². The molecule has 6 heteroatoms. The van der Waals surface area contributed by atoms with E-state index in [4.69, 9.17) is 15.0 Å². The second-order valence-electron chi connectivity index (χ2n) is 15.4. The predicted molar refractivity (Wildman–Crippen MR) is 234 cm³/mol. The summed E-state index contributed by atoms with van der Waals surface area (Å²) in [6.07, 6.45) is 5.26. The van der Waals surface area contributed by atoms with Crippen molar-refractivity contribution in [3.63, 3.8) is 0 Å². The lowest BCUT2D eigenvalue weighted by Gasteiger charge is -2.22. The number of para-hydroxylation sites is 2. The third kappa shape index (κ3) is 5.52. The van der Waals surface area contributed by atoms with Gasteiger partial charge in [-0.2, -0.15) is 0 Å². The van der Waals surface area contributed by atoms with Crippen molar-refractivity contribution in [1.29, 1.82) is 0 Å². The summed E-state index contributed by atoms with van der Waals surface area (Å²) in [6.45, 7) is 4.69. The average Bonchev–Trinajstić information content (AvgIpc) is 3.74. The van der Waals surface area contributed by atoms with Crippen LogP contribution >= 0.6 is 0 Å². The molecule has 0 atom stereocenters. The Morgan fingerprint density at radius 3 is 1.81 bits per heavy atom. The second kappa shape index (κ2) is 13.3. The molecule has 0 unspecified atom stereocenters. The number of aromatic nitrogens is 6. The van der Waals surface area contributed by atoms with E-state index in [1.807, 2.05) is 30.3 Å². The van der Waals surface area contributed by atoms with Crippen LogP contribution in [0.25, 0.3) is 95.2 Å². The number of fused-ring (bicyclic) bond motifs is 6. The fourth-order valence-corrected chi connectivity index (χ4v) is 8.69. The van der Waals surface area contributed by atoms with Gasteiger partial charge in [-0.25, -0.2) is 15.0 Å². The molecule has 0 saturated heterocycles. The SMILES string of the molecule is CC1(C)c2ccc(-c3ccc(-c4nc(-c5cccnc5)nc(-c5ccccn5)n4)cc3)cc2-c2ccc(-c3cccc(-n4c5ccccc5c5ccccc54)c3)cc21. The Morgan fingerprint density at radius 2 is 1.07 bits per heavy atom. The van der Waals surface area contributed by atoms with E-state index >= 15 is 0 Å². The van der Waals surface area contributed by atoms with Gasteiger partial charge in [0.15, 0.2) is 17.5 Å². The summed E-state index contributed by atoms with van der Waals surface area (Å²) >= 11 is 0. The monoisotopic (exact) mass is 744 g/mol. The maximum Gasteiger partial charge on any atom is 0.182 e. The number of benzene rings is 6. The van der Waals surface area contributed by atoms with Gasteiger partial charge in [-0.15, -0.1) is 0 Å². The van der Waals surface area contributed by atoms with E-state index in [9.17, 15) is 0 Å². The molecular weight excluding hydrogens is 709 g/mol. The molecule has 4 aromatic heterocycles. The quantitative estimate of drug-likeness (QED) is 0.170. The minimum absolute atomic E-state index is 0.149. The molecule has 10 aromatic rings. The topological polar surface area (TPSA) is 69.4 Å². The molecule has 1 aliphatic rings. The summed E-state index contributed by atoms with van der Waals surface area (Å²) in [6, 6.07) is 58.3. The van der Waals surface area contributed by atoms with Gasteiger partial charge in [0.2, 0.25) is 0 Å². The molecular formula is C52H36N6. The van der Waals surface area contributed by atoms with Gasteiger partial charge in [-0.3, -0.25) is 9.97 Å². The summed E-state index contributed by atoms with van der Waals surface area (Å²) in [5.74, 6) is 1.66. The van der Waals surface area contributed by atoms with E-state index in [0.29, 0.717) is 23.2 Å². The van der Waals surface area contributed by atoms with E-state index in [1.54, 1.807) is 18.6 Å². The molecule has 4 heterocycles. The zero-order valence-electron chi connectivity index (χ0n) is 32.0. The Kier molecular flexibility index (Phi) is 7.73. The molecule has 0 fully saturated rings. The third-order valence-corrected chi connectivity index (χ3v) is 11.6. The predicted octanol–water partition coefficient (Wildman–Crippen LogP) is 12.4. The fourth-order valence-electron chi connectivity index (χ4n) is 8.69. The molecule has 0 N–H and O–H groups in total. The van der Waals surface area contributed by atoms with E-state index in [0.717, 1.165) is 27.9 Å². The average molecular weight is 745 g/mol. The van der Waals surface area contributed by atoms with Crippen molar-refractivity contribution in [3.05, 3.63) is 194 Å². The van der Waals surface area contributed by atoms with E-state index in [2.05, 4.69) is 162 Å². The zero-order chi connectivity index (χ0) is 38.8. The molecule has 0 aliphatic heterocycles. The van der Waals surface area contributed by atoms with Crippen LogP contribution in [-0.4, -0.2) is 29.5 Å². The van der Waals surface area contributed by atoms with E-state index in [1.165, 1.54) is 55.2 Å². The lowest BCUT2D eigenvalue weighted by Crippen LogP contribution is -2.15. The Morgan fingerprint density at radius 1 is 0.431 bits per heavy atom. The summed E-state index contributed by atoms with van der Waals surface area (Å²) in [5.41, 5.74) is 15.8. The smallest absolute Gasteiger partial charge is 0.182 e. The number of rotatable bonds is 6. The maximum absolute atomic E-state index is 4.87. The highest BCUT2D eigenvalue weighted by Gasteiger charge is 2.36. The van der Waals surface area contributed by atoms with Gasteiger partial charge in [-0.05, 0) is 105 Å². The van der Waals surface area contributed by atoms with Crippen molar-refractivity contribution in [2.75, 3.05) is 0 Å². The van der Waals surface area contributed by atoms with Gasteiger partial charge >= 0.3 is 0 Å². The first-order valence-corrected chi connectivity index (χ1v) is 19.6. The number of hydrogen-bond acceptors (Lipinski definition) is 5. The summed E-state index contributed by atoms with van der Waals surface area (Å²) in [5, 5.41) is 2.54. The van der Waals surface area contributed by atoms with Crippen molar-refractivity contribution in [2.45, 2.75) is 19.3 Å². The highest BCUT2D eigenvalue weighted by molar-refractivity contribution is 6.09. The molecule has 0 bridgehead atoms. The molecule has 0 amide bonds. The lowest BCUT2D eigenvalue weighted by molar-refractivity contribution is 0.660. The molecule has 58 heavy (non-hydrogen) atoms. The van der Waals surface area contributed by atoms with Crippen LogP contribution in [0.5, 0.6) is 0 Å². The number of pyridine rings is 2. The first-order valence-electron chi connectivity index (χ1n) is 19.6. The van der Waals surface area contributed by atoms with Gasteiger partial charge in [0.25, 0.3) is 0 Å². The molecule has 0 spiro atoms. The van der Waals surface area contributed by atoms with Crippen molar-refractivity contribution in [1.82, 2.24) is 29.5 Å². The fraction of sp³-hybridized carbons (Fsp3) is 0.0577. The Hall–Kier alpha value is -7.57. The first kappa shape index (κ1) is 33.7. The molecule has 6 aromatic carbocycles.